The molecule has 1 N–H and O–H groups in total. The van der Waals surface area contributed by atoms with Crippen LogP contribution in [-0.4, -0.2) is 41.4 Å². The Labute approximate surface area is 116 Å². The minimum Gasteiger partial charge on any atom is -0.444 e. The van der Waals surface area contributed by atoms with Crippen LogP contribution in [0.25, 0.3) is 0 Å². The highest BCUT2D eigenvalue weighted by atomic mass is 16.6. The number of aliphatic hydroxyl groups is 1. The molecule has 1 atom stereocenters. The highest BCUT2D eigenvalue weighted by Gasteiger charge is 2.42. The van der Waals surface area contributed by atoms with Crippen LogP contribution in [-0.2, 0) is 4.74 Å². The van der Waals surface area contributed by atoms with Crippen LogP contribution in [0, 0.1) is 11.3 Å². The maximum absolute atomic E-state index is 12.0. The monoisotopic (exact) mass is 269 g/mol. The van der Waals surface area contributed by atoms with Crippen molar-refractivity contribution in [2.75, 3.05) is 19.7 Å². The third kappa shape index (κ3) is 3.62. The van der Waals surface area contributed by atoms with Crippen molar-refractivity contribution in [1.29, 1.82) is 0 Å². The van der Waals surface area contributed by atoms with E-state index in [2.05, 4.69) is 0 Å². The summed E-state index contributed by atoms with van der Waals surface area (Å²) in [6, 6.07) is 0. The number of nitrogens with zero attached hydrogens (tertiary/aromatic N) is 1. The minimum absolute atomic E-state index is 0.181. The zero-order valence-corrected chi connectivity index (χ0v) is 12.4. The van der Waals surface area contributed by atoms with E-state index < -0.39 is 5.60 Å². The maximum Gasteiger partial charge on any atom is 0.410 e. The summed E-state index contributed by atoms with van der Waals surface area (Å²) in [5.74, 6) is 0.480. The van der Waals surface area contributed by atoms with Crippen LogP contribution in [0.1, 0.15) is 52.9 Å². The van der Waals surface area contributed by atoms with Crippen LogP contribution < -0.4 is 0 Å². The van der Waals surface area contributed by atoms with E-state index in [9.17, 15) is 9.90 Å². The molecule has 1 saturated heterocycles. The Balaban J connectivity index is 1.84. The lowest BCUT2D eigenvalue weighted by molar-refractivity contribution is 0.00990. The minimum atomic E-state index is -0.415. The number of carbonyl (C=O) groups excluding carboxylic acids is 1. The number of piperidine rings is 1. The Hall–Kier alpha value is -0.770. The number of likely N-dealkylation sites (tertiary alicyclic amines) is 1. The second kappa shape index (κ2) is 5.31. The molecule has 2 rings (SSSR count). The molecule has 4 nitrogen and oxygen atoms in total. The number of aliphatic hydroxyl groups excluding tert-OH is 1. The average molecular weight is 269 g/mol. The van der Waals surface area contributed by atoms with Crippen LogP contribution in [0.15, 0.2) is 0 Å². The third-order valence-electron chi connectivity index (χ3n) is 4.54. The Kier molecular flexibility index (Phi) is 4.09. The lowest BCUT2D eigenvalue weighted by Crippen LogP contribution is -2.44. The van der Waals surface area contributed by atoms with Crippen molar-refractivity contribution < 1.29 is 14.6 Å². The van der Waals surface area contributed by atoms with Gasteiger partial charge in [0.05, 0.1) is 0 Å². The van der Waals surface area contributed by atoms with Crippen molar-refractivity contribution in [2.24, 2.45) is 11.3 Å². The molecule has 0 bridgehead atoms. The van der Waals surface area contributed by atoms with Crippen molar-refractivity contribution in [2.45, 2.75) is 58.5 Å². The van der Waals surface area contributed by atoms with Gasteiger partial charge in [0, 0.05) is 19.7 Å². The van der Waals surface area contributed by atoms with Gasteiger partial charge in [-0.05, 0) is 64.2 Å². The van der Waals surface area contributed by atoms with Crippen LogP contribution in [0.3, 0.4) is 0 Å². The smallest absolute Gasteiger partial charge is 0.410 e. The number of hydrogen-bond acceptors (Lipinski definition) is 3. The molecule has 4 heteroatoms. The molecule has 0 radical (unpaired) electrons. The van der Waals surface area contributed by atoms with E-state index in [1.54, 1.807) is 0 Å². The van der Waals surface area contributed by atoms with Gasteiger partial charge in [-0.3, -0.25) is 0 Å². The van der Waals surface area contributed by atoms with Crippen molar-refractivity contribution in [3.8, 4) is 0 Å². The summed E-state index contributed by atoms with van der Waals surface area (Å²) >= 11 is 0. The fourth-order valence-electron chi connectivity index (χ4n) is 3.43. The van der Waals surface area contributed by atoms with Crippen LogP contribution in [0.5, 0.6) is 0 Å². The zero-order chi connectivity index (χ0) is 14.1. The van der Waals surface area contributed by atoms with E-state index in [0.717, 1.165) is 38.8 Å². The fourth-order valence-corrected chi connectivity index (χ4v) is 3.43. The third-order valence-corrected chi connectivity index (χ3v) is 4.54. The molecule has 1 aliphatic carbocycles. The Morgan fingerprint density at radius 3 is 2.42 bits per heavy atom. The van der Waals surface area contributed by atoms with Gasteiger partial charge in [-0.15, -0.1) is 0 Å². The number of carbonyl (C=O) groups is 1. The molecule has 19 heavy (non-hydrogen) atoms. The van der Waals surface area contributed by atoms with E-state index in [1.165, 1.54) is 6.42 Å². The summed E-state index contributed by atoms with van der Waals surface area (Å²) in [4.78, 5) is 13.8. The molecule has 0 unspecified atom stereocenters. The molecule has 0 aromatic carbocycles. The molecule has 0 aromatic heterocycles. The van der Waals surface area contributed by atoms with Crippen molar-refractivity contribution in [3.05, 3.63) is 0 Å². The van der Waals surface area contributed by atoms with E-state index >= 15 is 0 Å². The summed E-state index contributed by atoms with van der Waals surface area (Å²) in [7, 11) is 0. The Bertz CT molecular complexity index is 327. The van der Waals surface area contributed by atoms with E-state index in [-0.39, 0.29) is 6.09 Å². The standard InChI is InChI=1S/C15H27NO3/c1-14(2,3)19-13(18)16-8-6-15(7-9-16)5-4-12(10-15)11-17/h12,17H,4-11H2,1-3H3/t12-/m0/s1. The molecular weight excluding hydrogens is 242 g/mol. The van der Waals surface area contributed by atoms with E-state index in [0.29, 0.717) is 17.9 Å². The van der Waals surface area contributed by atoms with Crippen molar-refractivity contribution in [3.63, 3.8) is 0 Å². The second-order valence-corrected chi connectivity index (χ2v) is 7.26. The quantitative estimate of drug-likeness (QED) is 0.796. The highest BCUT2D eigenvalue weighted by Crippen LogP contribution is 2.48. The summed E-state index contributed by atoms with van der Waals surface area (Å²) in [5, 5.41) is 9.26. The highest BCUT2D eigenvalue weighted by molar-refractivity contribution is 5.68. The number of rotatable bonds is 1. The largest absolute Gasteiger partial charge is 0.444 e. The lowest BCUT2D eigenvalue weighted by Gasteiger charge is -2.40. The van der Waals surface area contributed by atoms with Crippen molar-refractivity contribution >= 4 is 6.09 Å². The number of ether oxygens (including phenoxy) is 1. The number of amides is 1. The zero-order valence-electron chi connectivity index (χ0n) is 12.4. The Morgan fingerprint density at radius 1 is 1.32 bits per heavy atom. The molecule has 110 valence electrons. The van der Waals surface area contributed by atoms with E-state index in [4.69, 9.17) is 4.74 Å². The normalized spacial score (nSPS) is 26.7. The van der Waals surface area contributed by atoms with Gasteiger partial charge in [-0.1, -0.05) is 0 Å². The first-order valence-electron chi connectivity index (χ1n) is 7.42. The van der Waals surface area contributed by atoms with Gasteiger partial charge >= 0.3 is 6.09 Å². The predicted molar refractivity (Wildman–Crippen MR) is 73.9 cm³/mol. The average Bonchev–Trinajstić information content (AvgIpc) is 2.71. The molecular formula is C15H27NO3. The summed E-state index contributed by atoms with van der Waals surface area (Å²) in [6.07, 6.45) is 5.42. The molecule has 1 aliphatic heterocycles. The first-order valence-corrected chi connectivity index (χ1v) is 7.42. The second-order valence-electron chi connectivity index (χ2n) is 7.26. The van der Waals surface area contributed by atoms with Gasteiger partial charge in [-0.2, -0.15) is 0 Å². The van der Waals surface area contributed by atoms with Gasteiger partial charge in [0.2, 0.25) is 0 Å². The Morgan fingerprint density at radius 2 is 1.95 bits per heavy atom. The molecule has 1 saturated carbocycles. The molecule has 2 fully saturated rings. The molecule has 2 aliphatic rings. The van der Waals surface area contributed by atoms with Gasteiger partial charge < -0.3 is 14.7 Å². The van der Waals surface area contributed by atoms with Gasteiger partial charge in [0.15, 0.2) is 0 Å². The fraction of sp³-hybridized carbons (Fsp3) is 0.933. The lowest BCUT2D eigenvalue weighted by atomic mass is 9.76. The molecule has 0 aromatic rings. The van der Waals surface area contributed by atoms with Gasteiger partial charge in [-0.25, -0.2) is 4.79 Å². The van der Waals surface area contributed by atoms with Crippen LogP contribution in [0.2, 0.25) is 0 Å². The SMILES string of the molecule is CC(C)(C)OC(=O)N1CCC2(CC[C@H](CO)C2)CC1. The molecule has 1 heterocycles. The first kappa shape index (κ1) is 14.6. The molecule has 1 amide bonds. The van der Waals surface area contributed by atoms with Crippen LogP contribution >= 0.6 is 0 Å². The van der Waals surface area contributed by atoms with Gasteiger partial charge in [0.25, 0.3) is 0 Å². The first-order chi connectivity index (χ1) is 8.84. The van der Waals surface area contributed by atoms with Gasteiger partial charge in [0.1, 0.15) is 5.60 Å². The van der Waals surface area contributed by atoms with Crippen LogP contribution in [0.4, 0.5) is 4.79 Å². The maximum atomic E-state index is 12.0. The topological polar surface area (TPSA) is 49.8 Å². The molecule has 1 spiro atoms. The predicted octanol–water partition coefficient (Wildman–Crippen LogP) is 2.80. The number of hydrogen-bond donors (Lipinski definition) is 1. The van der Waals surface area contributed by atoms with E-state index in [1.807, 2.05) is 25.7 Å². The summed E-state index contributed by atoms with van der Waals surface area (Å²) < 4.78 is 5.42. The van der Waals surface area contributed by atoms with Crippen molar-refractivity contribution in [1.82, 2.24) is 4.90 Å². The summed E-state index contributed by atoms with van der Waals surface area (Å²) in [5.41, 5.74) is -0.0343. The summed E-state index contributed by atoms with van der Waals surface area (Å²) in [6.45, 7) is 7.62.